The number of nitrogens with zero attached hydrogens (tertiary/aromatic N) is 4. The Hall–Kier alpha value is -7.89. The Kier molecular flexibility index (Phi) is 8.93. The van der Waals surface area contributed by atoms with Gasteiger partial charge in [0.2, 0.25) is 5.95 Å². The Labute approximate surface area is 353 Å². The molecule has 9 aromatic carbocycles. The Morgan fingerprint density at radius 2 is 1.03 bits per heavy atom. The van der Waals surface area contributed by atoms with Gasteiger partial charge < -0.3 is 4.42 Å². The lowest BCUT2D eigenvalue weighted by molar-refractivity contribution is 0.669. The predicted octanol–water partition coefficient (Wildman–Crippen LogP) is 15.3. The molecule has 290 valence electrons. The molecule has 0 bridgehead atoms. The van der Waals surface area contributed by atoms with E-state index in [0.717, 1.165) is 82.5 Å². The zero-order chi connectivity index (χ0) is 40.9. The van der Waals surface area contributed by atoms with Gasteiger partial charge in [-0.1, -0.05) is 178 Å². The molecule has 12 aromatic rings. The number of hydrogen-bond donors (Lipinski definition) is 0. The summed E-state index contributed by atoms with van der Waals surface area (Å²) in [4.78, 5) is 15.8. The third-order valence-corrected chi connectivity index (χ3v) is 11.4. The molecule has 5 nitrogen and oxygen atoms in total. The van der Waals surface area contributed by atoms with Crippen molar-refractivity contribution in [1.29, 1.82) is 0 Å². The van der Waals surface area contributed by atoms with Crippen LogP contribution in [0.25, 0.3) is 116 Å². The Bertz CT molecular complexity index is 3590. The molecular formula is C56H40N4O. The minimum absolute atomic E-state index is 0.549. The molecule has 0 amide bonds. The van der Waals surface area contributed by atoms with Gasteiger partial charge in [0.05, 0.1) is 11.0 Å². The lowest BCUT2D eigenvalue weighted by atomic mass is 9.99. The first kappa shape index (κ1) is 36.2. The predicted molar refractivity (Wildman–Crippen MR) is 254 cm³/mol. The molecule has 0 unspecified atom stereocenters. The minimum atomic E-state index is 0.549. The van der Waals surface area contributed by atoms with Crippen LogP contribution in [-0.4, -0.2) is 19.5 Å². The van der Waals surface area contributed by atoms with Crippen molar-refractivity contribution in [3.8, 4) is 51.0 Å². The third-order valence-electron chi connectivity index (χ3n) is 11.4. The van der Waals surface area contributed by atoms with Crippen molar-refractivity contribution in [2.45, 2.75) is 20.3 Å². The van der Waals surface area contributed by atoms with Crippen LogP contribution in [-0.2, 0) is 0 Å². The number of hydrogen-bond acceptors (Lipinski definition) is 4. The highest BCUT2D eigenvalue weighted by molar-refractivity contribution is 6.20. The average Bonchev–Trinajstić information content (AvgIpc) is 3.87. The normalized spacial score (nSPS) is 11.5. The van der Waals surface area contributed by atoms with Crippen LogP contribution in [0.2, 0.25) is 0 Å². The summed E-state index contributed by atoms with van der Waals surface area (Å²) in [6, 6.07) is 68.0. The molecule has 0 atom stereocenters. The first-order valence-electron chi connectivity index (χ1n) is 20.9. The molecule has 12 rings (SSSR count). The summed E-state index contributed by atoms with van der Waals surface area (Å²) in [6.45, 7) is 4.25. The number of benzene rings is 9. The van der Waals surface area contributed by atoms with Gasteiger partial charge in [0, 0.05) is 38.2 Å². The molecule has 0 aliphatic heterocycles. The summed E-state index contributed by atoms with van der Waals surface area (Å²) in [5, 5.41) is 9.18. The van der Waals surface area contributed by atoms with Crippen LogP contribution < -0.4 is 0 Å². The van der Waals surface area contributed by atoms with Crippen molar-refractivity contribution in [3.63, 3.8) is 0 Å². The molecule has 0 fully saturated rings. The van der Waals surface area contributed by atoms with Crippen molar-refractivity contribution < 1.29 is 4.42 Å². The largest absolute Gasteiger partial charge is 0.456 e. The highest BCUT2D eigenvalue weighted by atomic mass is 16.3. The molecule has 3 heterocycles. The van der Waals surface area contributed by atoms with Crippen LogP contribution in [0, 0.1) is 0 Å². The zero-order valence-corrected chi connectivity index (χ0v) is 33.9. The van der Waals surface area contributed by atoms with Gasteiger partial charge in [-0.15, -0.1) is 0 Å². The van der Waals surface area contributed by atoms with Gasteiger partial charge >= 0.3 is 0 Å². The maximum atomic E-state index is 6.59. The number of rotatable bonds is 5. The maximum absolute atomic E-state index is 6.59. The van der Waals surface area contributed by atoms with Crippen molar-refractivity contribution in [1.82, 2.24) is 19.5 Å². The lowest BCUT2D eigenvalue weighted by Gasteiger charge is -2.13. The van der Waals surface area contributed by atoms with Gasteiger partial charge in [0.1, 0.15) is 11.2 Å². The highest BCUT2D eigenvalue weighted by Gasteiger charge is 2.22. The summed E-state index contributed by atoms with van der Waals surface area (Å²) in [7, 11) is 0. The monoisotopic (exact) mass is 784 g/mol. The smallest absolute Gasteiger partial charge is 0.238 e. The molecule has 0 saturated heterocycles. The second kappa shape index (κ2) is 15.0. The van der Waals surface area contributed by atoms with E-state index in [0.29, 0.717) is 17.6 Å². The standard InChI is InChI=1S/C53H32N4O.C3H8/c1-3-13-33(14-4-1)36-20-11-21-40(29-36)52-54-51(35-16-5-2-6-17-35)55-53(56-52)57-46-31-38-19-8-7-18-37(38)30-45(46)43-24-12-23-42(50(43)57)39-25-27-44-48(32-39)58-47-28-26-34-15-9-10-22-41(34)49(44)47;1-3-2/h1-32H;3H2,1-2H3. The van der Waals surface area contributed by atoms with Crippen molar-refractivity contribution in [2.75, 3.05) is 0 Å². The summed E-state index contributed by atoms with van der Waals surface area (Å²) < 4.78 is 8.83. The van der Waals surface area contributed by atoms with Gasteiger partial charge in [-0.3, -0.25) is 4.57 Å². The topological polar surface area (TPSA) is 56.7 Å². The lowest BCUT2D eigenvalue weighted by Crippen LogP contribution is -2.07. The summed E-state index contributed by atoms with van der Waals surface area (Å²) in [5.41, 5.74) is 9.93. The molecule has 5 heteroatoms. The van der Waals surface area contributed by atoms with Crippen LogP contribution in [0.3, 0.4) is 0 Å². The Morgan fingerprint density at radius 1 is 0.410 bits per heavy atom. The van der Waals surface area contributed by atoms with Crippen LogP contribution in [0.1, 0.15) is 20.3 Å². The van der Waals surface area contributed by atoms with Gasteiger partial charge in [0.15, 0.2) is 11.6 Å². The van der Waals surface area contributed by atoms with Gasteiger partial charge in [-0.2, -0.15) is 9.97 Å². The third kappa shape index (κ3) is 6.30. The summed E-state index contributed by atoms with van der Waals surface area (Å²) in [5.74, 6) is 1.76. The van der Waals surface area contributed by atoms with Crippen LogP contribution in [0.5, 0.6) is 0 Å². The highest BCUT2D eigenvalue weighted by Crippen LogP contribution is 2.42. The molecule has 0 aliphatic carbocycles. The van der Waals surface area contributed by atoms with E-state index >= 15 is 0 Å². The maximum Gasteiger partial charge on any atom is 0.238 e. The van der Waals surface area contributed by atoms with E-state index in [1.54, 1.807) is 0 Å². The van der Waals surface area contributed by atoms with Crippen LogP contribution in [0.4, 0.5) is 0 Å². The quantitative estimate of drug-likeness (QED) is 0.174. The van der Waals surface area contributed by atoms with Gasteiger partial charge in [0.25, 0.3) is 0 Å². The zero-order valence-electron chi connectivity index (χ0n) is 33.9. The van der Waals surface area contributed by atoms with E-state index in [2.05, 4.69) is 188 Å². The molecule has 0 N–H and O–H groups in total. The first-order chi connectivity index (χ1) is 30.1. The summed E-state index contributed by atoms with van der Waals surface area (Å²) in [6.07, 6.45) is 1.25. The number of fused-ring (bicyclic) bond motifs is 9. The molecule has 0 aliphatic rings. The fourth-order valence-corrected chi connectivity index (χ4v) is 8.68. The van der Waals surface area contributed by atoms with Crippen LogP contribution in [0.15, 0.2) is 199 Å². The average molecular weight is 785 g/mol. The van der Waals surface area contributed by atoms with E-state index in [-0.39, 0.29) is 0 Å². The Morgan fingerprint density at radius 3 is 1.82 bits per heavy atom. The fourth-order valence-electron chi connectivity index (χ4n) is 8.68. The van der Waals surface area contributed by atoms with E-state index in [1.165, 1.54) is 22.6 Å². The molecule has 0 spiro atoms. The second-order valence-electron chi connectivity index (χ2n) is 15.5. The van der Waals surface area contributed by atoms with Crippen molar-refractivity contribution in [2.24, 2.45) is 0 Å². The SMILES string of the molecule is CCC.c1ccc(-c2cccc(-c3nc(-c4ccccc4)nc(-n4c5cc6ccccc6cc5c5cccc(-c6ccc7c(c6)oc6ccc8ccccc8c67)c54)n3)c2)cc1. The Balaban J connectivity index is 0.00000136. The summed E-state index contributed by atoms with van der Waals surface area (Å²) >= 11 is 0. The first-order valence-corrected chi connectivity index (χ1v) is 20.9. The molecule has 0 radical (unpaired) electrons. The van der Waals surface area contributed by atoms with Crippen LogP contribution >= 0.6 is 0 Å². The van der Waals surface area contributed by atoms with Gasteiger partial charge in [-0.25, -0.2) is 4.98 Å². The van der Waals surface area contributed by atoms with E-state index in [9.17, 15) is 0 Å². The number of aromatic nitrogens is 4. The van der Waals surface area contributed by atoms with Gasteiger partial charge in [-0.05, 0) is 74.6 Å². The molecule has 0 saturated carbocycles. The molecule has 3 aromatic heterocycles. The van der Waals surface area contributed by atoms with E-state index in [1.807, 2.05) is 24.3 Å². The van der Waals surface area contributed by atoms with E-state index < -0.39 is 0 Å². The second-order valence-corrected chi connectivity index (χ2v) is 15.5. The molecule has 61 heavy (non-hydrogen) atoms. The minimum Gasteiger partial charge on any atom is -0.456 e. The van der Waals surface area contributed by atoms with Crippen molar-refractivity contribution in [3.05, 3.63) is 194 Å². The number of para-hydroxylation sites is 1. The number of furan rings is 1. The van der Waals surface area contributed by atoms with Crippen molar-refractivity contribution >= 4 is 65.3 Å². The van der Waals surface area contributed by atoms with E-state index in [4.69, 9.17) is 19.4 Å². The fraction of sp³-hybridized carbons (Fsp3) is 0.0536. The molecular weight excluding hydrogens is 745 g/mol.